The van der Waals surface area contributed by atoms with Gasteiger partial charge in [0.15, 0.2) is 0 Å². The Morgan fingerprint density at radius 3 is 2.50 bits per heavy atom. The van der Waals surface area contributed by atoms with Gasteiger partial charge in [0.2, 0.25) is 0 Å². The highest BCUT2D eigenvalue weighted by molar-refractivity contribution is 5.27. The summed E-state index contributed by atoms with van der Waals surface area (Å²) in [6.07, 6.45) is 2.08. The summed E-state index contributed by atoms with van der Waals surface area (Å²) >= 11 is 0. The molecule has 1 rings (SSSR count). The number of methoxy groups -OCH3 is 1. The molecule has 1 aromatic carbocycles. The quantitative estimate of drug-likeness (QED) is 0.598. The maximum absolute atomic E-state index is 5.62. The number of hydrogen-bond acceptors (Lipinski definition) is 4. The fourth-order valence-corrected chi connectivity index (χ4v) is 1.74. The van der Waals surface area contributed by atoms with Crippen molar-refractivity contribution < 1.29 is 14.2 Å². The van der Waals surface area contributed by atoms with Crippen molar-refractivity contribution in [3.63, 3.8) is 0 Å². The second-order valence-corrected chi connectivity index (χ2v) is 4.63. The largest absolute Gasteiger partial charge is 0.491 e. The molecule has 0 saturated heterocycles. The zero-order valence-electron chi connectivity index (χ0n) is 12.7. The van der Waals surface area contributed by atoms with Crippen LogP contribution in [0.5, 0.6) is 5.75 Å². The number of rotatable bonds is 12. The van der Waals surface area contributed by atoms with Crippen molar-refractivity contribution in [2.45, 2.75) is 26.3 Å². The zero-order valence-corrected chi connectivity index (χ0v) is 12.7. The third-order valence-electron chi connectivity index (χ3n) is 2.81. The molecule has 20 heavy (non-hydrogen) atoms. The number of hydrogen-bond donors (Lipinski definition) is 1. The van der Waals surface area contributed by atoms with Crippen LogP contribution in [0, 0.1) is 0 Å². The van der Waals surface area contributed by atoms with E-state index >= 15 is 0 Å². The Morgan fingerprint density at radius 1 is 1.00 bits per heavy atom. The van der Waals surface area contributed by atoms with E-state index in [1.54, 1.807) is 7.11 Å². The monoisotopic (exact) mass is 281 g/mol. The van der Waals surface area contributed by atoms with Crippen molar-refractivity contribution in [1.82, 2.24) is 5.32 Å². The molecule has 4 nitrogen and oxygen atoms in total. The summed E-state index contributed by atoms with van der Waals surface area (Å²) in [6, 6.07) is 8.20. The molecule has 1 N–H and O–H groups in total. The van der Waals surface area contributed by atoms with Gasteiger partial charge in [0, 0.05) is 26.9 Å². The van der Waals surface area contributed by atoms with Crippen LogP contribution in [0.1, 0.15) is 25.3 Å². The van der Waals surface area contributed by atoms with E-state index in [0.717, 1.165) is 44.9 Å². The highest BCUT2D eigenvalue weighted by Crippen LogP contribution is 2.11. The van der Waals surface area contributed by atoms with Gasteiger partial charge in [0.25, 0.3) is 0 Å². The Balaban J connectivity index is 2.08. The molecule has 0 saturated carbocycles. The molecule has 0 atom stereocenters. The Hall–Kier alpha value is -1.10. The molecule has 0 aliphatic rings. The van der Waals surface area contributed by atoms with Crippen molar-refractivity contribution in [3.8, 4) is 5.75 Å². The van der Waals surface area contributed by atoms with Crippen LogP contribution in [0.3, 0.4) is 0 Å². The molecule has 0 fully saturated rings. The van der Waals surface area contributed by atoms with E-state index < -0.39 is 0 Å². The lowest BCUT2D eigenvalue weighted by molar-refractivity contribution is 0.0806. The molecule has 0 aliphatic carbocycles. The highest BCUT2D eigenvalue weighted by atomic mass is 16.5. The second-order valence-electron chi connectivity index (χ2n) is 4.63. The molecule has 0 aromatic heterocycles. The molecule has 0 amide bonds. The molecule has 1 aromatic rings. The first kappa shape index (κ1) is 17.0. The first-order chi connectivity index (χ1) is 9.86. The van der Waals surface area contributed by atoms with Gasteiger partial charge in [0.05, 0.1) is 6.61 Å². The van der Waals surface area contributed by atoms with Crippen molar-refractivity contribution in [1.29, 1.82) is 0 Å². The smallest absolute Gasteiger partial charge is 0.119 e. The molecular weight excluding hydrogens is 254 g/mol. The molecular formula is C16H27NO3. The van der Waals surface area contributed by atoms with Crippen molar-refractivity contribution >= 4 is 0 Å². The normalized spacial score (nSPS) is 10.7. The van der Waals surface area contributed by atoms with Crippen LogP contribution in [0.25, 0.3) is 0 Å². The summed E-state index contributed by atoms with van der Waals surface area (Å²) in [7, 11) is 1.70. The molecule has 0 bridgehead atoms. The summed E-state index contributed by atoms with van der Waals surface area (Å²) < 4.78 is 16.0. The fraction of sp³-hybridized carbons (Fsp3) is 0.625. The highest BCUT2D eigenvalue weighted by Gasteiger charge is 1.96. The Bertz CT molecular complexity index is 327. The molecule has 0 aliphatic heterocycles. The maximum atomic E-state index is 5.62. The van der Waals surface area contributed by atoms with Gasteiger partial charge in [-0.1, -0.05) is 19.1 Å². The predicted octanol–water partition coefficient (Wildman–Crippen LogP) is 2.62. The number of nitrogens with one attached hydrogen (secondary N) is 1. The van der Waals surface area contributed by atoms with Gasteiger partial charge in [-0.15, -0.1) is 0 Å². The Labute approximate surface area is 122 Å². The average molecular weight is 281 g/mol. The SMILES string of the molecule is CCCNCc1ccc(OCCOCCCOC)cc1. The van der Waals surface area contributed by atoms with E-state index in [9.17, 15) is 0 Å². The first-order valence-electron chi connectivity index (χ1n) is 7.36. The van der Waals surface area contributed by atoms with Gasteiger partial charge in [-0.2, -0.15) is 0 Å². The second kappa shape index (κ2) is 11.7. The Morgan fingerprint density at radius 2 is 1.80 bits per heavy atom. The lowest BCUT2D eigenvalue weighted by Crippen LogP contribution is -2.13. The third kappa shape index (κ3) is 8.15. The molecule has 0 unspecified atom stereocenters. The number of ether oxygens (including phenoxy) is 3. The lowest BCUT2D eigenvalue weighted by Gasteiger charge is -2.08. The van der Waals surface area contributed by atoms with Crippen molar-refractivity contribution in [2.75, 3.05) is 40.1 Å². The summed E-state index contributed by atoms with van der Waals surface area (Å²) in [5.74, 6) is 0.893. The summed E-state index contributed by atoms with van der Waals surface area (Å²) in [4.78, 5) is 0. The minimum absolute atomic E-state index is 0.584. The van der Waals surface area contributed by atoms with E-state index in [1.165, 1.54) is 5.56 Å². The van der Waals surface area contributed by atoms with Crippen LogP contribution in [0.2, 0.25) is 0 Å². The summed E-state index contributed by atoms with van der Waals surface area (Å²) in [5, 5.41) is 3.38. The number of benzene rings is 1. The lowest BCUT2D eigenvalue weighted by atomic mass is 10.2. The van der Waals surface area contributed by atoms with Gasteiger partial charge in [-0.3, -0.25) is 0 Å². The zero-order chi connectivity index (χ0) is 14.5. The van der Waals surface area contributed by atoms with Crippen LogP contribution in [0.4, 0.5) is 0 Å². The summed E-state index contributed by atoms with van der Waals surface area (Å²) in [5.41, 5.74) is 1.28. The van der Waals surface area contributed by atoms with Crippen molar-refractivity contribution in [2.24, 2.45) is 0 Å². The predicted molar refractivity (Wildman–Crippen MR) is 81.2 cm³/mol. The molecule has 0 heterocycles. The minimum Gasteiger partial charge on any atom is -0.491 e. The van der Waals surface area contributed by atoms with Crippen LogP contribution in [-0.2, 0) is 16.0 Å². The molecule has 114 valence electrons. The standard InChI is InChI=1S/C16H27NO3/c1-3-9-17-14-15-5-7-16(8-6-15)20-13-12-19-11-4-10-18-2/h5-8,17H,3-4,9-14H2,1-2H3. The van der Waals surface area contributed by atoms with Crippen molar-refractivity contribution in [3.05, 3.63) is 29.8 Å². The molecule has 0 spiro atoms. The fourth-order valence-electron chi connectivity index (χ4n) is 1.74. The van der Waals surface area contributed by atoms with E-state index in [4.69, 9.17) is 14.2 Å². The topological polar surface area (TPSA) is 39.7 Å². The van der Waals surface area contributed by atoms with E-state index in [-0.39, 0.29) is 0 Å². The first-order valence-corrected chi connectivity index (χ1v) is 7.36. The maximum Gasteiger partial charge on any atom is 0.119 e. The van der Waals surface area contributed by atoms with Crippen LogP contribution >= 0.6 is 0 Å². The molecule has 0 radical (unpaired) electrons. The van der Waals surface area contributed by atoms with E-state index in [2.05, 4.69) is 24.4 Å². The van der Waals surface area contributed by atoms with Gasteiger partial charge in [0.1, 0.15) is 12.4 Å². The summed E-state index contributed by atoms with van der Waals surface area (Å²) in [6.45, 7) is 6.80. The Kier molecular flexibility index (Phi) is 9.92. The van der Waals surface area contributed by atoms with Crippen LogP contribution in [-0.4, -0.2) is 40.1 Å². The van der Waals surface area contributed by atoms with Gasteiger partial charge in [-0.05, 0) is 37.1 Å². The van der Waals surface area contributed by atoms with Gasteiger partial charge < -0.3 is 19.5 Å². The van der Waals surface area contributed by atoms with Crippen LogP contribution in [0.15, 0.2) is 24.3 Å². The van der Waals surface area contributed by atoms with Gasteiger partial charge >= 0.3 is 0 Å². The minimum atomic E-state index is 0.584. The van der Waals surface area contributed by atoms with E-state index in [1.807, 2.05) is 12.1 Å². The van der Waals surface area contributed by atoms with E-state index in [0.29, 0.717) is 13.2 Å². The third-order valence-corrected chi connectivity index (χ3v) is 2.81. The average Bonchev–Trinajstić information content (AvgIpc) is 2.48. The van der Waals surface area contributed by atoms with Crippen LogP contribution < -0.4 is 10.1 Å². The van der Waals surface area contributed by atoms with Gasteiger partial charge in [-0.25, -0.2) is 0 Å². The molecule has 4 heteroatoms.